The lowest BCUT2D eigenvalue weighted by atomic mass is 10.3. The van der Waals surface area contributed by atoms with Gasteiger partial charge in [-0.05, 0) is 24.6 Å². The molecule has 0 aliphatic carbocycles. The monoisotopic (exact) mass is 187 g/mol. The molecule has 1 nitrogen and oxygen atoms in total. The molecule has 1 aliphatic rings. The molecule has 0 N–H and O–H groups in total. The molecule has 1 aliphatic heterocycles. The highest BCUT2D eigenvalue weighted by Crippen LogP contribution is 2.23. The normalized spacial score (nSPS) is 36.0. The van der Waals surface area contributed by atoms with E-state index in [4.69, 9.17) is 0 Å². The van der Waals surface area contributed by atoms with Crippen LogP contribution in [0.3, 0.4) is 0 Å². The lowest BCUT2D eigenvalue weighted by Gasteiger charge is -2.31. The van der Waals surface area contributed by atoms with Gasteiger partial charge in [-0.3, -0.25) is 0 Å². The van der Waals surface area contributed by atoms with E-state index in [1.807, 2.05) is 0 Å². The van der Waals surface area contributed by atoms with E-state index in [-0.39, 0.29) is 0 Å². The summed E-state index contributed by atoms with van der Waals surface area (Å²) in [5, 5.41) is 0. The number of hydrogen-bond donors (Lipinski definition) is 0. The zero-order valence-electron chi connectivity index (χ0n) is 8.30. The Balaban J connectivity index is 2.53. The molecule has 66 valence electrons. The first kappa shape index (κ1) is 9.48. The predicted molar refractivity (Wildman–Crippen MR) is 57.2 cm³/mol. The van der Waals surface area contributed by atoms with E-state index in [9.17, 15) is 0 Å². The maximum Gasteiger partial charge on any atom is 0.101 e. The summed E-state index contributed by atoms with van der Waals surface area (Å²) in [6, 6.07) is 4.09. The molecular weight excluding hydrogens is 166 g/mol. The first-order chi connectivity index (χ1) is 5.16. The second kappa shape index (κ2) is 3.87. The van der Waals surface area contributed by atoms with Gasteiger partial charge in [0.1, 0.15) is 17.9 Å². The minimum atomic E-state index is -0.403. The Morgan fingerprint density at radius 3 is 2.09 bits per heavy atom. The van der Waals surface area contributed by atoms with Gasteiger partial charge in [0.15, 0.2) is 0 Å². The fourth-order valence-corrected chi connectivity index (χ4v) is 13.3. The Morgan fingerprint density at radius 2 is 1.73 bits per heavy atom. The minimum absolute atomic E-state index is 0.403. The molecule has 0 aromatic rings. The van der Waals surface area contributed by atoms with Crippen LogP contribution in [0.15, 0.2) is 0 Å². The summed E-state index contributed by atoms with van der Waals surface area (Å²) >= 11 is 0. The van der Waals surface area contributed by atoms with Crippen LogP contribution < -0.4 is 0 Å². The second-order valence-corrected chi connectivity index (χ2v) is 10.3. The van der Waals surface area contributed by atoms with E-state index in [0.29, 0.717) is 0 Å². The van der Waals surface area contributed by atoms with Gasteiger partial charge in [-0.2, -0.15) is 0 Å². The highest BCUT2D eigenvalue weighted by atomic mass is 28.4. The Labute approximate surface area is 74.2 Å². The van der Waals surface area contributed by atoms with Gasteiger partial charge in [-0.25, -0.2) is 0 Å². The molecule has 0 bridgehead atoms. The summed E-state index contributed by atoms with van der Waals surface area (Å²) in [4.78, 5) is 0. The van der Waals surface area contributed by atoms with Crippen LogP contribution in [-0.2, 0) is 0 Å². The van der Waals surface area contributed by atoms with Crippen LogP contribution in [0.5, 0.6) is 0 Å². The number of rotatable bonds is 2. The Morgan fingerprint density at radius 1 is 1.27 bits per heavy atom. The van der Waals surface area contributed by atoms with Gasteiger partial charge < -0.3 is 4.23 Å². The maximum absolute atomic E-state index is 2.94. The second-order valence-electron chi connectivity index (χ2n) is 3.98. The van der Waals surface area contributed by atoms with Gasteiger partial charge in [-0.1, -0.05) is 26.9 Å². The van der Waals surface area contributed by atoms with Crippen molar-refractivity contribution in [1.29, 1.82) is 0 Å². The number of hydrogen-bond acceptors (Lipinski definition) is 1. The third kappa shape index (κ3) is 1.95. The molecule has 3 unspecified atom stereocenters. The van der Waals surface area contributed by atoms with Crippen molar-refractivity contribution >= 4 is 17.9 Å². The summed E-state index contributed by atoms with van der Waals surface area (Å²) < 4.78 is 2.94. The van der Waals surface area contributed by atoms with Crippen LogP contribution in [0.25, 0.3) is 0 Å². The Bertz CT molecular complexity index is 119. The first-order valence-corrected chi connectivity index (χ1v) is 9.91. The molecular formula is C8H21NSi2. The fraction of sp³-hybridized carbons (Fsp3) is 1.00. The molecule has 11 heavy (non-hydrogen) atoms. The van der Waals surface area contributed by atoms with Crippen molar-refractivity contribution in [1.82, 2.24) is 4.23 Å². The summed E-state index contributed by atoms with van der Waals surface area (Å²) in [5.74, 6) is 0. The molecule has 1 rings (SSSR count). The van der Waals surface area contributed by atoms with Crippen molar-refractivity contribution < 1.29 is 0 Å². The highest BCUT2D eigenvalue weighted by molar-refractivity contribution is 6.76. The van der Waals surface area contributed by atoms with Crippen molar-refractivity contribution in [3.05, 3.63) is 0 Å². The van der Waals surface area contributed by atoms with Crippen LogP contribution in [-0.4, -0.2) is 28.2 Å². The van der Waals surface area contributed by atoms with Crippen molar-refractivity contribution in [2.45, 2.75) is 51.5 Å². The zero-order valence-corrected chi connectivity index (χ0v) is 10.6. The Hall–Kier alpha value is 0.394. The third-order valence-corrected chi connectivity index (χ3v) is 12.2. The smallest absolute Gasteiger partial charge is 0.101 e. The van der Waals surface area contributed by atoms with E-state index in [2.05, 4.69) is 31.2 Å². The van der Waals surface area contributed by atoms with Crippen molar-refractivity contribution in [3.63, 3.8) is 0 Å². The standard InChI is InChI=1S/C8H21NSi2/c1-5-8(2)9-10(3)6-7-11(9)4/h8,10-11H,5-7H2,1-4H3. The third-order valence-electron chi connectivity index (χ3n) is 3.12. The van der Waals surface area contributed by atoms with Crippen molar-refractivity contribution in [2.75, 3.05) is 0 Å². The minimum Gasteiger partial charge on any atom is -0.348 e. The van der Waals surface area contributed by atoms with Gasteiger partial charge in [-0.15, -0.1) is 0 Å². The molecule has 1 heterocycles. The van der Waals surface area contributed by atoms with E-state index in [1.165, 1.54) is 6.42 Å². The summed E-state index contributed by atoms with van der Waals surface area (Å²) in [6.45, 7) is 9.80. The maximum atomic E-state index is 2.94. The predicted octanol–water partition coefficient (Wildman–Crippen LogP) is 1.81. The molecule has 0 radical (unpaired) electrons. The van der Waals surface area contributed by atoms with Crippen molar-refractivity contribution in [2.24, 2.45) is 0 Å². The molecule has 0 saturated carbocycles. The zero-order chi connectivity index (χ0) is 8.43. The van der Waals surface area contributed by atoms with Crippen LogP contribution in [0, 0.1) is 0 Å². The average Bonchev–Trinajstić information content (AvgIpc) is 2.30. The van der Waals surface area contributed by atoms with Gasteiger partial charge in [0.25, 0.3) is 0 Å². The summed E-state index contributed by atoms with van der Waals surface area (Å²) in [5.41, 5.74) is 0. The Kier molecular flexibility index (Phi) is 3.34. The van der Waals surface area contributed by atoms with Gasteiger partial charge in [0.05, 0.1) is 0 Å². The van der Waals surface area contributed by atoms with Crippen LogP contribution in [0.1, 0.15) is 20.3 Å². The highest BCUT2D eigenvalue weighted by Gasteiger charge is 2.31. The largest absolute Gasteiger partial charge is 0.348 e. The van der Waals surface area contributed by atoms with Crippen LogP contribution >= 0.6 is 0 Å². The SMILES string of the molecule is CCC(C)N1[SiH](C)CC[SiH]1C. The molecule has 3 atom stereocenters. The number of nitrogens with zero attached hydrogens (tertiary/aromatic N) is 1. The summed E-state index contributed by atoms with van der Waals surface area (Å²) in [6.07, 6.45) is 1.36. The van der Waals surface area contributed by atoms with E-state index >= 15 is 0 Å². The quantitative estimate of drug-likeness (QED) is 0.596. The van der Waals surface area contributed by atoms with E-state index < -0.39 is 17.9 Å². The average molecular weight is 187 g/mol. The summed E-state index contributed by atoms with van der Waals surface area (Å²) in [7, 11) is -0.805. The fourth-order valence-electron chi connectivity index (χ4n) is 2.29. The van der Waals surface area contributed by atoms with E-state index in [1.54, 1.807) is 12.1 Å². The molecule has 0 spiro atoms. The molecule has 0 aromatic heterocycles. The van der Waals surface area contributed by atoms with Gasteiger partial charge >= 0.3 is 0 Å². The topological polar surface area (TPSA) is 3.24 Å². The lowest BCUT2D eigenvalue weighted by Crippen LogP contribution is -2.44. The van der Waals surface area contributed by atoms with Gasteiger partial charge in [0.2, 0.25) is 0 Å². The molecule has 1 fully saturated rings. The van der Waals surface area contributed by atoms with Crippen molar-refractivity contribution in [3.8, 4) is 0 Å². The van der Waals surface area contributed by atoms with Gasteiger partial charge in [0, 0.05) is 0 Å². The lowest BCUT2D eigenvalue weighted by molar-refractivity contribution is 0.484. The first-order valence-electron chi connectivity index (χ1n) is 4.94. The van der Waals surface area contributed by atoms with Crippen LogP contribution in [0.4, 0.5) is 0 Å². The molecule has 3 heteroatoms. The molecule has 0 amide bonds. The molecule has 0 aromatic carbocycles. The van der Waals surface area contributed by atoms with E-state index in [0.717, 1.165) is 6.04 Å². The molecule has 1 saturated heterocycles. The van der Waals surface area contributed by atoms with Crippen LogP contribution in [0.2, 0.25) is 25.2 Å².